The minimum atomic E-state index is -0.296. The van der Waals surface area contributed by atoms with E-state index >= 15 is 0 Å². The molecule has 5 heteroatoms. The largest absolute Gasteiger partial charge is 0.504 e. The van der Waals surface area contributed by atoms with Gasteiger partial charge in [-0.15, -0.1) is 0 Å². The highest BCUT2D eigenvalue weighted by Crippen LogP contribution is 2.19. The predicted molar refractivity (Wildman–Crippen MR) is 73.0 cm³/mol. The molecule has 2 aromatic rings. The maximum absolute atomic E-state index is 11.8. The maximum Gasteiger partial charge on any atom is 0.256 e. The molecule has 0 spiro atoms. The van der Waals surface area contributed by atoms with Crippen molar-refractivity contribution in [3.8, 4) is 5.75 Å². The highest BCUT2D eigenvalue weighted by molar-refractivity contribution is 14.1. The average Bonchev–Trinajstić information content (AvgIpc) is 2.33. The Morgan fingerprint density at radius 1 is 1.24 bits per heavy atom. The Hall–Kier alpha value is -1.63. The molecule has 17 heavy (non-hydrogen) atoms. The third-order valence-corrected chi connectivity index (χ3v) is 2.84. The van der Waals surface area contributed by atoms with E-state index in [0.29, 0.717) is 5.56 Å². The zero-order valence-corrected chi connectivity index (χ0v) is 10.9. The molecule has 1 aromatic heterocycles. The molecule has 86 valence electrons. The highest BCUT2D eigenvalue weighted by atomic mass is 127. The van der Waals surface area contributed by atoms with E-state index in [-0.39, 0.29) is 17.5 Å². The molecule has 4 nitrogen and oxygen atoms in total. The van der Waals surface area contributed by atoms with Gasteiger partial charge < -0.3 is 10.4 Å². The topological polar surface area (TPSA) is 62.2 Å². The first-order chi connectivity index (χ1) is 8.16. The van der Waals surface area contributed by atoms with E-state index in [9.17, 15) is 9.90 Å². The number of anilines is 1. The molecule has 1 amide bonds. The Morgan fingerprint density at radius 2 is 1.94 bits per heavy atom. The van der Waals surface area contributed by atoms with E-state index in [1.54, 1.807) is 18.2 Å². The van der Waals surface area contributed by atoms with Gasteiger partial charge in [-0.1, -0.05) is 0 Å². The number of pyridine rings is 1. The van der Waals surface area contributed by atoms with E-state index in [4.69, 9.17) is 0 Å². The van der Waals surface area contributed by atoms with Gasteiger partial charge in [0, 0.05) is 15.3 Å². The van der Waals surface area contributed by atoms with Gasteiger partial charge >= 0.3 is 0 Å². The van der Waals surface area contributed by atoms with Crippen molar-refractivity contribution in [3.63, 3.8) is 0 Å². The zero-order chi connectivity index (χ0) is 12.3. The lowest BCUT2D eigenvalue weighted by atomic mass is 10.2. The molecule has 0 saturated carbocycles. The van der Waals surface area contributed by atoms with Crippen LogP contribution in [-0.4, -0.2) is 16.0 Å². The minimum Gasteiger partial charge on any atom is -0.504 e. The summed E-state index contributed by atoms with van der Waals surface area (Å²) in [5, 5.41) is 12.0. The standard InChI is InChI=1S/C12H9IN2O2/c13-9-5-3-8(4-6-9)12(17)15-11-10(16)2-1-7-14-11/h1-7,16H,(H,14,15,17). The predicted octanol–water partition coefficient (Wildman–Crippen LogP) is 2.64. The van der Waals surface area contributed by atoms with Crippen molar-refractivity contribution in [2.24, 2.45) is 0 Å². The van der Waals surface area contributed by atoms with Crippen molar-refractivity contribution in [1.82, 2.24) is 4.98 Å². The lowest BCUT2D eigenvalue weighted by Crippen LogP contribution is -2.12. The smallest absolute Gasteiger partial charge is 0.256 e. The number of hydrogen-bond acceptors (Lipinski definition) is 3. The van der Waals surface area contributed by atoms with Gasteiger partial charge in [0.25, 0.3) is 5.91 Å². The second-order valence-corrected chi connectivity index (χ2v) is 4.58. The summed E-state index contributed by atoms with van der Waals surface area (Å²) in [6, 6.07) is 10.2. The fourth-order valence-electron chi connectivity index (χ4n) is 1.27. The minimum absolute atomic E-state index is 0.0497. The molecule has 0 aliphatic rings. The molecule has 0 radical (unpaired) electrons. The Morgan fingerprint density at radius 3 is 2.59 bits per heavy atom. The summed E-state index contributed by atoms with van der Waals surface area (Å²) in [7, 11) is 0. The normalized spacial score (nSPS) is 9.94. The third-order valence-electron chi connectivity index (χ3n) is 2.12. The molecular formula is C12H9IN2O2. The quantitative estimate of drug-likeness (QED) is 0.827. The molecule has 0 bridgehead atoms. The number of amides is 1. The van der Waals surface area contributed by atoms with Crippen molar-refractivity contribution in [2.75, 3.05) is 5.32 Å². The second-order valence-electron chi connectivity index (χ2n) is 3.33. The highest BCUT2D eigenvalue weighted by Gasteiger charge is 2.08. The Kier molecular flexibility index (Phi) is 3.58. The molecule has 1 aromatic carbocycles. The molecule has 0 aliphatic heterocycles. The number of carbonyl (C=O) groups excluding carboxylic acids is 1. The number of nitrogens with one attached hydrogen (secondary N) is 1. The Labute approximate surface area is 112 Å². The van der Waals surface area contributed by atoms with Crippen molar-refractivity contribution in [3.05, 3.63) is 51.7 Å². The molecule has 1 heterocycles. The van der Waals surface area contributed by atoms with Crippen LogP contribution in [0.15, 0.2) is 42.6 Å². The van der Waals surface area contributed by atoms with Gasteiger partial charge in [-0.05, 0) is 59.0 Å². The van der Waals surface area contributed by atoms with E-state index < -0.39 is 0 Å². The maximum atomic E-state index is 11.8. The summed E-state index contributed by atoms with van der Waals surface area (Å²) in [5.41, 5.74) is 0.524. The SMILES string of the molecule is O=C(Nc1ncccc1O)c1ccc(I)cc1. The number of benzene rings is 1. The molecule has 0 unspecified atom stereocenters. The van der Waals surface area contributed by atoms with E-state index in [2.05, 4.69) is 32.9 Å². The van der Waals surface area contributed by atoms with Crippen LogP contribution in [0.1, 0.15) is 10.4 Å². The van der Waals surface area contributed by atoms with Crippen LogP contribution in [-0.2, 0) is 0 Å². The number of rotatable bonds is 2. The molecule has 0 fully saturated rings. The van der Waals surface area contributed by atoms with Crippen LogP contribution in [0.25, 0.3) is 0 Å². The van der Waals surface area contributed by atoms with Crippen molar-refractivity contribution in [1.29, 1.82) is 0 Å². The van der Waals surface area contributed by atoms with Gasteiger partial charge in [-0.3, -0.25) is 4.79 Å². The third kappa shape index (κ3) is 2.94. The lowest BCUT2D eigenvalue weighted by Gasteiger charge is -2.05. The summed E-state index contributed by atoms with van der Waals surface area (Å²) in [4.78, 5) is 15.7. The number of aromatic nitrogens is 1. The second kappa shape index (κ2) is 5.13. The molecule has 0 saturated heterocycles. The number of aromatic hydroxyl groups is 1. The van der Waals surface area contributed by atoms with Gasteiger partial charge in [0.2, 0.25) is 0 Å². The van der Waals surface area contributed by atoms with Crippen LogP contribution in [0.4, 0.5) is 5.82 Å². The van der Waals surface area contributed by atoms with Crippen molar-refractivity contribution >= 4 is 34.3 Å². The van der Waals surface area contributed by atoms with Crippen LogP contribution >= 0.6 is 22.6 Å². The molecular weight excluding hydrogens is 331 g/mol. The van der Waals surface area contributed by atoms with Gasteiger partial charge in [-0.2, -0.15) is 0 Å². The molecule has 0 aliphatic carbocycles. The zero-order valence-electron chi connectivity index (χ0n) is 8.72. The summed E-state index contributed by atoms with van der Waals surface area (Å²) < 4.78 is 1.06. The number of halogens is 1. The van der Waals surface area contributed by atoms with Gasteiger partial charge in [0.05, 0.1) is 0 Å². The first-order valence-corrected chi connectivity index (χ1v) is 5.95. The van der Waals surface area contributed by atoms with Crippen LogP contribution < -0.4 is 5.32 Å². The van der Waals surface area contributed by atoms with Crippen LogP contribution in [0.3, 0.4) is 0 Å². The fraction of sp³-hybridized carbons (Fsp3) is 0. The number of hydrogen-bond donors (Lipinski definition) is 2. The average molecular weight is 340 g/mol. The number of nitrogens with zero attached hydrogens (tertiary/aromatic N) is 1. The van der Waals surface area contributed by atoms with Crippen molar-refractivity contribution < 1.29 is 9.90 Å². The summed E-state index contributed by atoms with van der Waals surface area (Å²) in [5.74, 6) is -0.183. The number of carbonyl (C=O) groups is 1. The van der Waals surface area contributed by atoms with E-state index in [1.165, 1.54) is 12.3 Å². The lowest BCUT2D eigenvalue weighted by molar-refractivity contribution is 0.102. The van der Waals surface area contributed by atoms with E-state index in [0.717, 1.165) is 3.57 Å². The van der Waals surface area contributed by atoms with E-state index in [1.807, 2.05) is 12.1 Å². The Balaban J connectivity index is 2.17. The van der Waals surface area contributed by atoms with Crippen LogP contribution in [0, 0.1) is 3.57 Å². The first-order valence-electron chi connectivity index (χ1n) is 4.88. The Bertz CT molecular complexity index is 540. The van der Waals surface area contributed by atoms with Crippen LogP contribution in [0.2, 0.25) is 0 Å². The first kappa shape index (κ1) is 11.8. The van der Waals surface area contributed by atoms with Crippen molar-refractivity contribution in [2.45, 2.75) is 0 Å². The van der Waals surface area contributed by atoms with Gasteiger partial charge in [-0.25, -0.2) is 4.98 Å². The fourth-order valence-corrected chi connectivity index (χ4v) is 1.63. The van der Waals surface area contributed by atoms with Gasteiger partial charge in [0.15, 0.2) is 11.6 Å². The van der Waals surface area contributed by atoms with Gasteiger partial charge in [0.1, 0.15) is 0 Å². The monoisotopic (exact) mass is 340 g/mol. The summed E-state index contributed by atoms with van der Waals surface area (Å²) in [6.07, 6.45) is 1.50. The summed E-state index contributed by atoms with van der Waals surface area (Å²) in [6.45, 7) is 0. The molecule has 2 N–H and O–H groups in total. The summed E-state index contributed by atoms with van der Waals surface area (Å²) >= 11 is 2.16. The molecule has 0 atom stereocenters. The molecule has 2 rings (SSSR count). The van der Waals surface area contributed by atoms with Crippen LogP contribution in [0.5, 0.6) is 5.75 Å².